The summed E-state index contributed by atoms with van der Waals surface area (Å²) in [5.41, 5.74) is 2.33. The lowest BCUT2D eigenvalue weighted by molar-refractivity contribution is -0.138. The Bertz CT molecular complexity index is 670. The number of amides is 2. The van der Waals surface area contributed by atoms with Crippen LogP contribution in [0.4, 0.5) is 5.69 Å². The molecule has 27 heavy (non-hydrogen) atoms. The van der Waals surface area contributed by atoms with E-state index in [4.69, 9.17) is 0 Å². The number of rotatable bonds is 3. The first kappa shape index (κ1) is 20.1. The summed E-state index contributed by atoms with van der Waals surface area (Å²) in [6.07, 6.45) is 2.85. The quantitative estimate of drug-likeness (QED) is 0.838. The van der Waals surface area contributed by atoms with Crippen LogP contribution >= 0.6 is 12.4 Å². The van der Waals surface area contributed by atoms with Gasteiger partial charge in [0.2, 0.25) is 11.8 Å². The Labute approximate surface area is 167 Å². The summed E-state index contributed by atoms with van der Waals surface area (Å²) in [7, 11) is 0. The number of fused-ring (bicyclic) bond motifs is 1. The minimum atomic E-state index is 0. The summed E-state index contributed by atoms with van der Waals surface area (Å²) in [6, 6.07) is 8.17. The largest absolute Gasteiger partial charge is 0.340 e. The number of para-hydroxylation sites is 1. The van der Waals surface area contributed by atoms with Gasteiger partial charge in [-0.15, -0.1) is 12.4 Å². The SMILES string of the molecule is Cl.O=C(C1CCNCC1)N1CCN(CC(=O)N2CCc3ccccc32)CC1. The van der Waals surface area contributed by atoms with E-state index < -0.39 is 0 Å². The Morgan fingerprint density at radius 3 is 2.44 bits per heavy atom. The van der Waals surface area contributed by atoms with Gasteiger partial charge in [0.15, 0.2) is 0 Å². The molecule has 0 aromatic heterocycles. The fourth-order valence-electron chi connectivity index (χ4n) is 4.33. The first-order chi connectivity index (χ1) is 12.7. The molecule has 1 N–H and O–H groups in total. The normalized spacial score (nSPS) is 20.9. The third kappa shape index (κ3) is 4.45. The Hall–Kier alpha value is -1.63. The lowest BCUT2D eigenvalue weighted by atomic mass is 9.96. The molecule has 0 spiro atoms. The van der Waals surface area contributed by atoms with Crippen LogP contribution in [0.5, 0.6) is 0 Å². The van der Waals surface area contributed by atoms with Crippen molar-refractivity contribution in [3.63, 3.8) is 0 Å². The molecular weight excluding hydrogens is 364 g/mol. The summed E-state index contributed by atoms with van der Waals surface area (Å²) >= 11 is 0. The topological polar surface area (TPSA) is 55.9 Å². The van der Waals surface area contributed by atoms with Crippen LogP contribution < -0.4 is 10.2 Å². The maximum atomic E-state index is 12.7. The van der Waals surface area contributed by atoms with Crippen LogP contribution in [0.15, 0.2) is 24.3 Å². The number of halogens is 1. The van der Waals surface area contributed by atoms with E-state index in [1.165, 1.54) is 5.56 Å². The summed E-state index contributed by atoms with van der Waals surface area (Å²) in [5, 5.41) is 3.31. The Kier molecular flexibility index (Phi) is 6.73. The van der Waals surface area contributed by atoms with Crippen molar-refractivity contribution in [3.8, 4) is 0 Å². The van der Waals surface area contributed by atoms with Crippen molar-refractivity contribution >= 4 is 29.9 Å². The van der Waals surface area contributed by atoms with Gasteiger partial charge in [-0.2, -0.15) is 0 Å². The van der Waals surface area contributed by atoms with Gasteiger partial charge in [0.25, 0.3) is 0 Å². The smallest absolute Gasteiger partial charge is 0.241 e. The molecule has 2 amide bonds. The average Bonchev–Trinajstić information content (AvgIpc) is 3.13. The highest BCUT2D eigenvalue weighted by atomic mass is 35.5. The van der Waals surface area contributed by atoms with Crippen molar-refractivity contribution < 1.29 is 9.59 Å². The lowest BCUT2D eigenvalue weighted by Gasteiger charge is -2.37. The number of hydrogen-bond donors (Lipinski definition) is 1. The van der Waals surface area contributed by atoms with E-state index in [1.807, 2.05) is 28.0 Å². The molecule has 1 aromatic rings. The van der Waals surface area contributed by atoms with Crippen LogP contribution in [-0.4, -0.2) is 74.0 Å². The number of piperidine rings is 1. The van der Waals surface area contributed by atoms with E-state index in [-0.39, 0.29) is 24.2 Å². The highest BCUT2D eigenvalue weighted by Gasteiger charge is 2.30. The molecular formula is C20H29ClN4O2. The van der Waals surface area contributed by atoms with Crippen LogP contribution in [0.2, 0.25) is 0 Å². The van der Waals surface area contributed by atoms with Crippen molar-refractivity contribution in [2.45, 2.75) is 19.3 Å². The number of hydrogen-bond acceptors (Lipinski definition) is 4. The second-order valence-corrected chi connectivity index (χ2v) is 7.55. The van der Waals surface area contributed by atoms with Crippen LogP contribution in [0, 0.1) is 5.92 Å². The molecule has 0 saturated carbocycles. The number of nitrogens with one attached hydrogen (secondary N) is 1. The zero-order valence-electron chi connectivity index (χ0n) is 15.7. The van der Waals surface area contributed by atoms with E-state index >= 15 is 0 Å². The molecule has 4 rings (SSSR count). The molecule has 3 aliphatic heterocycles. The number of carbonyl (C=O) groups excluding carboxylic acids is 2. The highest BCUT2D eigenvalue weighted by Crippen LogP contribution is 2.27. The number of nitrogens with zero attached hydrogens (tertiary/aromatic N) is 3. The molecule has 0 bridgehead atoms. The Morgan fingerprint density at radius 1 is 1.00 bits per heavy atom. The van der Waals surface area contributed by atoms with E-state index in [0.717, 1.165) is 70.8 Å². The van der Waals surface area contributed by atoms with Crippen molar-refractivity contribution in [1.29, 1.82) is 0 Å². The summed E-state index contributed by atoms with van der Waals surface area (Å²) in [4.78, 5) is 31.5. The lowest BCUT2D eigenvalue weighted by Crippen LogP contribution is -2.53. The van der Waals surface area contributed by atoms with Gasteiger partial charge in [-0.3, -0.25) is 14.5 Å². The molecule has 1 aromatic carbocycles. The first-order valence-corrected chi connectivity index (χ1v) is 9.82. The second-order valence-electron chi connectivity index (χ2n) is 7.55. The zero-order valence-corrected chi connectivity index (χ0v) is 16.5. The molecule has 2 fully saturated rings. The van der Waals surface area contributed by atoms with Gasteiger partial charge in [-0.1, -0.05) is 18.2 Å². The van der Waals surface area contributed by atoms with Crippen molar-refractivity contribution in [2.24, 2.45) is 5.92 Å². The van der Waals surface area contributed by atoms with Crippen molar-refractivity contribution in [3.05, 3.63) is 29.8 Å². The van der Waals surface area contributed by atoms with E-state index in [0.29, 0.717) is 12.5 Å². The minimum absolute atomic E-state index is 0. The maximum absolute atomic E-state index is 12.7. The van der Waals surface area contributed by atoms with Crippen LogP contribution in [0.1, 0.15) is 18.4 Å². The zero-order chi connectivity index (χ0) is 17.9. The van der Waals surface area contributed by atoms with Gasteiger partial charge < -0.3 is 15.1 Å². The molecule has 148 valence electrons. The monoisotopic (exact) mass is 392 g/mol. The van der Waals surface area contributed by atoms with Gasteiger partial charge in [0.1, 0.15) is 0 Å². The fraction of sp³-hybridized carbons (Fsp3) is 0.600. The Morgan fingerprint density at radius 2 is 1.70 bits per heavy atom. The maximum Gasteiger partial charge on any atom is 0.241 e. The van der Waals surface area contributed by atoms with E-state index in [2.05, 4.69) is 16.3 Å². The van der Waals surface area contributed by atoms with E-state index in [9.17, 15) is 9.59 Å². The van der Waals surface area contributed by atoms with Gasteiger partial charge in [-0.05, 0) is 44.0 Å². The van der Waals surface area contributed by atoms with Gasteiger partial charge in [0, 0.05) is 44.3 Å². The van der Waals surface area contributed by atoms with Crippen LogP contribution in [0.3, 0.4) is 0 Å². The molecule has 0 radical (unpaired) electrons. The molecule has 6 nitrogen and oxygen atoms in total. The number of anilines is 1. The molecule has 0 unspecified atom stereocenters. The number of benzene rings is 1. The van der Waals surface area contributed by atoms with Crippen LogP contribution in [0.25, 0.3) is 0 Å². The van der Waals surface area contributed by atoms with Crippen molar-refractivity contribution in [1.82, 2.24) is 15.1 Å². The molecule has 3 aliphatic rings. The number of piperazine rings is 1. The Balaban J connectivity index is 0.00000210. The summed E-state index contributed by atoms with van der Waals surface area (Å²) in [5.74, 6) is 0.671. The van der Waals surface area contributed by atoms with Crippen molar-refractivity contribution in [2.75, 3.05) is 57.3 Å². The molecule has 2 saturated heterocycles. The van der Waals surface area contributed by atoms with Gasteiger partial charge >= 0.3 is 0 Å². The molecule has 3 heterocycles. The molecule has 0 atom stereocenters. The number of carbonyl (C=O) groups is 2. The van der Waals surface area contributed by atoms with Crippen LogP contribution in [-0.2, 0) is 16.0 Å². The minimum Gasteiger partial charge on any atom is -0.340 e. The molecule has 7 heteroatoms. The second kappa shape index (κ2) is 9.04. The predicted octanol–water partition coefficient (Wildman–Crippen LogP) is 1.14. The highest BCUT2D eigenvalue weighted by molar-refractivity contribution is 5.96. The van der Waals surface area contributed by atoms with Gasteiger partial charge in [0.05, 0.1) is 6.54 Å². The molecule has 0 aliphatic carbocycles. The predicted molar refractivity (Wildman–Crippen MR) is 108 cm³/mol. The van der Waals surface area contributed by atoms with E-state index in [1.54, 1.807) is 0 Å². The first-order valence-electron chi connectivity index (χ1n) is 9.82. The van der Waals surface area contributed by atoms with Gasteiger partial charge in [-0.25, -0.2) is 0 Å². The summed E-state index contributed by atoms with van der Waals surface area (Å²) in [6.45, 7) is 6.19. The average molecular weight is 393 g/mol. The third-order valence-electron chi connectivity index (χ3n) is 5.92. The fourth-order valence-corrected chi connectivity index (χ4v) is 4.33. The third-order valence-corrected chi connectivity index (χ3v) is 5.92. The standard InChI is InChI=1S/C20H28N4O2.ClH/c25-19(24-10-7-16-3-1-2-4-18(16)24)15-22-11-13-23(14-12-22)20(26)17-5-8-21-9-6-17;/h1-4,17,21H,5-15H2;1H. The summed E-state index contributed by atoms with van der Waals surface area (Å²) < 4.78 is 0.